The van der Waals surface area contributed by atoms with Crippen LogP contribution in [-0.2, 0) is 11.8 Å². The van der Waals surface area contributed by atoms with Gasteiger partial charge >= 0.3 is 0 Å². The number of hydrogen-bond acceptors (Lipinski definition) is 2. The molecule has 1 aliphatic heterocycles. The Morgan fingerprint density at radius 2 is 2.23 bits per heavy atom. The zero-order valence-corrected chi connectivity index (χ0v) is 14.7. The van der Waals surface area contributed by atoms with Crippen LogP contribution in [0.5, 0.6) is 5.75 Å². The molecule has 1 heterocycles. The Morgan fingerprint density at radius 1 is 1.45 bits per heavy atom. The van der Waals surface area contributed by atoms with Crippen molar-refractivity contribution in [1.82, 2.24) is 4.90 Å². The van der Waals surface area contributed by atoms with E-state index in [1.54, 1.807) is 0 Å². The Bertz CT molecular complexity index is 597. The summed E-state index contributed by atoms with van der Waals surface area (Å²) >= 11 is 11.6. The lowest BCUT2D eigenvalue weighted by Crippen LogP contribution is -2.58. The van der Waals surface area contributed by atoms with E-state index in [2.05, 4.69) is 24.8 Å². The van der Waals surface area contributed by atoms with Gasteiger partial charge in [-0.15, -0.1) is 0 Å². The van der Waals surface area contributed by atoms with Crippen LogP contribution in [0, 0.1) is 5.92 Å². The molecular weight excluding hydrogens is 317 g/mol. The van der Waals surface area contributed by atoms with Gasteiger partial charge in [0.15, 0.2) is 0 Å². The van der Waals surface area contributed by atoms with E-state index >= 15 is 0 Å². The lowest BCUT2D eigenvalue weighted by atomic mass is 9.57. The van der Waals surface area contributed by atoms with Gasteiger partial charge in [-0.25, -0.2) is 0 Å². The van der Waals surface area contributed by atoms with Gasteiger partial charge < -0.3 is 5.11 Å². The van der Waals surface area contributed by atoms with Crippen LogP contribution >= 0.6 is 23.2 Å². The normalized spacial score (nSPS) is 30.7. The van der Waals surface area contributed by atoms with Crippen LogP contribution in [0.25, 0.3) is 0 Å². The maximum absolute atomic E-state index is 9.93. The minimum atomic E-state index is 0.183. The topological polar surface area (TPSA) is 23.5 Å². The molecule has 1 saturated heterocycles. The first-order valence-corrected chi connectivity index (χ1v) is 8.81. The third-order valence-corrected chi connectivity index (χ3v) is 6.24. The van der Waals surface area contributed by atoms with Crippen LogP contribution in [0.1, 0.15) is 37.8 Å². The maximum atomic E-state index is 9.93. The van der Waals surface area contributed by atoms with Gasteiger partial charge in [-0.1, -0.05) is 43.1 Å². The highest BCUT2D eigenvalue weighted by molar-refractivity contribution is 6.55. The Morgan fingerprint density at radius 3 is 2.91 bits per heavy atom. The average molecular weight is 340 g/mol. The lowest BCUT2D eigenvalue weighted by molar-refractivity contribution is 0.0285. The SMILES string of the molecule is CCC12CCN(CC=C(Cl)Cl)C(Cc3ccc(O)cc31)C2C. The molecule has 2 aliphatic rings. The molecule has 0 aromatic heterocycles. The fourth-order valence-electron chi connectivity index (χ4n) is 4.64. The van der Waals surface area contributed by atoms with Gasteiger partial charge in [0, 0.05) is 18.0 Å². The molecule has 4 heteroatoms. The number of aromatic hydroxyl groups is 1. The largest absolute Gasteiger partial charge is 0.508 e. The zero-order valence-electron chi connectivity index (χ0n) is 13.1. The molecular formula is C18H23Cl2NO. The Balaban J connectivity index is 1.99. The minimum absolute atomic E-state index is 0.183. The summed E-state index contributed by atoms with van der Waals surface area (Å²) in [5, 5.41) is 9.93. The molecule has 1 aromatic carbocycles. The fourth-order valence-corrected chi connectivity index (χ4v) is 4.78. The van der Waals surface area contributed by atoms with Crippen molar-refractivity contribution < 1.29 is 5.11 Å². The fraction of sp³-hybridized carbons (Fsp3) is 0.556. The molecule has 120 valence electrons. The van der Waals surface area contributed by atoms with Gasteiger partial charge in [0.2, 0.25) is 0 Å². The van der Waals surface area contributed by atoms with Crippen LogP contribution in [0.4, 0.5) is 0 Å². The number of nitrogens with zero attached hydrogens (tertiary/aromatic N) is 1. The number of benzene rings is 1. The van der Waals surface area contributed by atoms with Crippen LogP contribution in [0.2, 0.25) is 0 Å². The quantitative estimate of drug-likeness (QED) is 0.867. The molecule has 0 amide bonds. The smallest absolute Gasteiger partial charge is 0.115 e. The molecule has 2 bridgehead atoms. The Labute approximate surface area is 142 Å². The first-order valence-electron chi connectivity index (χ1n) is 8.05. The number of phenolic OH excluding ortho intramolecular Hbond substituents is 1. The van der Waals surface area contributed by atoms with Crippen LogP contribution in [0.3, 0.4) is 0 Å². The second-order valence-electron chi connectivity index (χ2n) is 6.65. The predicted molar refractivity (Wildman–Crippen MR) is 92.7 cm³/mol. The third kappa shape index (κ3) is 2.55. The van der Waals surface area contributed by atoms with Crippen molar-refractivity contribution in [2.45, 2.75) is 44.6 Å². The number of likely N-dealkylation sites (tertiary alicyclic amines) is 1. The minimum Gasteiger partial charge on any atom is -0.508 e. The van der Waals surface area contributed by atoms with Gasteiger partial charge in [0.05, 0.1) is 0 Å². The first kappa shape index (κ1) is 16.2. The number of hydrogen-bond donors (Lipinski definition) is 1. The highest BCUT2D eigenvalue weighted by Gasteiger charge is 2.49. The molecule has 3 atom stereocenters. The number of piperidine rings is 1. The van der Waals surface area contributed by atoms with Gasteiger partial charge in [0.1, 0.15) is 10.2 Å². The molecule has 0 spiro atoms. The van der Waals surface area contributed by atoms with E-state index in [0.29, 0.717) is 22.2 Å². The van der Waals surface area contributed by atoms with Gasteiger partial charge in [0.25, 0.3) is 0 Å². The molecule has 1 fully saturated rings. The van der Waals surface area contributed by atoms with Crippen molar-refractivity contribution >= 4 is 23.2 Å². The van der Waals surface area contributed by atoms with Crippen LogP contribution in [0.15, 0.2) is 28.8 Å². The third-order valence-electron chi connectivity index (χ3n) is 5.93. The zero-order chi connectivity index (χ0) is 15.9. The summed E-state index contributed by atoms with van der Waals surface area (Å²) in [6, 6.07) is 6.42. The second kappa shape index (κ2) is 6.07. The van der Waals surface area contributed by atoms with Crippen LogP contribution in [-0.4, -0.2) is 29.1 Å². The average Bonchev–Trinajstić information content (AvgIpc) is 2.48. The van der Waals surface area contributed by atoms with Crippen molar-refractivity contribution in [3.05, 3.63) is 39.9 Å². The monoisotopic (exact) mass is 339 g/mol. The summed E-state index contributed by atoms with van der Waals surface area (Å²) in [6.07, 6.45) is 5.15. The number of halogens is 2. The molecule has 1 aliphatic carbocycles. The highest BCUT2D eigenvalue weighted by Crippen LogP contribution is 2.51. The molecule has 3 rings (SSSR count). The van der Waals surface area contributed by atoms with E-state index in [1.165, 1.54) is 11.1 Å². The van der Waals surface area contributed by atoms with E-state index in [0.717, 1.165) is 32.4 Å². The Hall–Kier alpha value is -0.700. The van der Waals surface area contributed by atoms with Crippen LogP contribution < -0.4 is 0 Å². The van der Waals surface area contributed by atoms with E-state index in [1.807, 2.05) is 18.2 Å². The van der Waals surface area contributed by atoms with Gasteiger partial charge in [-0.2, -0.15) is 0 Å². The van der Waals surface area contributed by atoms with Crippen molar-refractivity contribution in [2.24, 2.45) is 5.92 Å². The lowest BCUT2D eigenvalue weighted by Gasteiger charge is -2.56. The first-order chi connectivity index (χ1) is 10.5. The maximum Gasteiger partial charge on any atom is 0.115 e. The molecule has 3 unspecified atom stereocenters. The van der Waals surface area contributed by atoms with Crippen molar-refractivity contribution in [3.8, 4) is 5.75 Å². The number of fused-ring (bicyclic) bond motifs is 4. The van der Waals surface area contributed by atoms with Crippen molar-refractivity contribution in [2.75, 3.05) is 13.1 Å². The molecule has 0 radical (unpaired) electrons. The molecule has 0 saturated carbocycles. The summed E-state index contributed by atoms with van der Waals surface area (Å²) < 4.78 is 0.348. The standard InChI is InChI=1S/C18H23Cl2NO/c1-3-18-7-9-21(8-6-17(19)20)16(12(18)2)10-13-4-5-14(22)11-15(13)18/h4-6,11-12,16,22H,3,7-10H2,1-2H3. The number of phenols is 1. The molecule has 22 heavy (non-hydrogen) atoms. The van der Waals surface area contributed by atoms with E-state index in [4.69, 9.17) is 23.2 Å². The van der Waals surface area contributed by atoms with Gasteiger partial charge in [-0.05, 0) is 61.1 Å². The molecule has 1 N–H and O–H groups in total. The number of rotatable bonds is 3. The van der Waals surface area contributed by atoms with E-state index in [-0.39, 0.29) is 5.41 Å². The Kier molecular flexibility index (Phi) is 4.46. The van der Waals surface area contributed by atoms with Crippen molar-refractivity contribution in [3.63, 3.8) is 0 Å². The second-order valence-corrected chi connectivity index (χ2v) is 7.66. The van der Waals surface area contributed by atoms with Gasteiger partial charge in [-0.3, -0.25) is 4.90 Å². The molecule has 1 aromatic rings. The summed E-state index contributed by atoms with van der Waals surface area (Å²) in [5.74, 6) is 0.944. The summed E-state index contributed by atoms with van der Waals surface area (Å²) in [4.78, 5) is 2.50. The van der Waals surface area contributed by atoms with Crippen molar-refractivity contribution in [1.29, 1.82) is 0 Å². The van der Waals surface area contributed by atoms with E-state index in [9.17, 15) is 5.11 Å². The molecule has 2 nitrogen and oxygen atoms in total. The summed E-state index contributed by atoms with van der Waals surface area (Å²) in [6.45, 7) is 6.50. The predicted octanol–water partition coefficient (Wildman–Crippen LogP) is 4.63. The summed E-state index contributed by atoms with van der Waals surface area (Å²) in [7, 11) is 0. The summed E-state index contributed by atoms with van der Waals surface area (Å²) in [5.41, 5.74) is 2.93. The van der Waals surface area contributed by atoms with E-state index < -0.39 is 0 Å². The highest BCUT2D eigenvalue weighted by atomic mass is 35.5.